The minimum absolute atomic E-state index is 0.0391. The second-order valence-corrected chi connectivity index (χ2v) is 6.35. The number of piperidine rings is 1. The van der Waals surface area contributed by atoms with E-state index in [1.807, 2.05) is 6.92 Å². The summed E-state index contributed by atoms with van der Waals surface area (Å²) in [6.45, 7) is 9.37. The van der Waals surface area contributed by atoms with Crippen LogP contribution in [0.15, 0.2) is 0 Å². The Labute approximate surface area is 115 Å². The Morgan fingerprint density at radius 1 is 1.42 bits per heavy atom. The number of hydrogen-bond acceptors (Lipinski definition) is 2. The van der Waals surface area contributed by atoms with Gasteiger partial charge in [0.15, 0.2) is 0 Å². The maximum atomic E-state index is 12.1. The van der Waals surface area contributed by atoms with E-state index in [9.17, 15) is 14.7 Å². The molecule has 1 fully saturated rings. The van der Waals surface area contributed by atoms with Gasteiger partial charge in [-0.25, -0.2) is 9.59 Å². The predicted octanol–water partition coefficient (Wildman–Crippen LogP) is 2.32. The standard InChI is InChI=1S/C14H26N2O3/c1-5-14(3,4)9-15-13(19)16-7-6-10(2)8-11(16)12(17)18/h10-11H,5-9H2,1-4H3,(H,15,19)(H,17,18). The van der Waals surface area contributed by atoms with Crippen LogP contribution in [0.4, 0.5) is 4.79 Å². The molecular weight excluding hydrogens is 244 g/mol. The van der Waals surface area contributed by atoms with Crippen LogP contribution in [0.1, 0.15) is 47.0 Å². The summed E-state index contributed by atoms with van der Waals surface area (Å²) >= 11 is 0. The third kappa shape index (κ3) is 4.40. The van der Waals surface area contributed by atoms with Gasteiger partial charge in [0.25, 0.3) is 0 Å². The quantitative estimate of drug-likeness (QED) is 0.823. The summed E-state index contributed by atoms with van der Waals surface area (Å²) in [7, 11) is 0. The minimum atomic E-state index is -0.906. The first kappa shape index (κ1) is 15.8. The average Bonchev–Trinajstić information content (AvgIpc) is 2.36. The Hall–Kier alpha value is -1.26. The number of rotatable bonds is 4. The highest BCUT2D eigenvalue weighted by molar-refractivity contribution is 5.82. The molecule has 1 heterocycles. The van der Waals surface area contributed by atoms with Gasteiger partial charge in [-0.2, -0.15) is 0 Å². The van der Waals surface area contributed by atoms with Gasteiger partial charge in [0.2, 0.25) is 0 Å². The average molecular weight is 270 g/mol. The van der Waals surface area contributed by atoms with E-state index in [1.165, 1.54) is 4.90 Å². The molecule has 2 N–H and O–H groups in total. The van der Waals surface area contributed by atoms with Crippen LogP contribution < -0.4 is 5.32 Å². The molecule has 0 radical (unpaired) electrons. The number of likely N-dealkylation sites (tertiary alicyclic amines) is 1. The molecule has 2 unspecified atom stereocenters. The topological polar surface area (TPSA) is 69.6 Å². The minimum Gasteiger partial charge on any atom is -0.480 e. The predicted molar refractivity (Wildman–Crippen MR) is 74.0 cm³/mol. The van der Waals surface area contributed by atoms with Crippen molar-refractivity contribution in [2.24, 2.45) is 11.3 Å². The molecule has 1 saturated heterocycles. The molecule has 5 nitrogen and oxygen atoms in total. The number of aliphatic carboxylic acids is 1. The highest BCUT2D eigenvalue weighted by Gasteiger charge is 2.35. The number of amides is 2. The first-order chi connectivity index (χ1) is 8.76. The molecule has 0 aromatic carbocycles. The molecule has 0 aliphatic carbocycles. The van der Waals surface area contributed by atoms with Crippen molar-refractivity contribution in [3.63, 3.8) is 0 Å². The molecule has 2 amide bonds. The van der Waals surface area contributed by atoms with Gasteiger partial charge >= 0.3 is 12.0 Å². The van der Waals surface area contributed by atoms with Gasteiger partial charge in [-0.05, 0) is 30.6 Å². The Morgan fingerprint density at radius 2 is 2.05 bits per heavy atom. The van der Waals surface area contributed by atoms with Gasteiger partial charge in [0.05, 0.1) is 0 Å². The van der Waals surface area contributed by atoms with Gasteiger partial charge < -0.3 is 15.3 Å². The van der Waals surface area contributed by atoms with Crippen molar-refractivity contribution in [1.29, 1.82) is 0 Å². The molecule has 0 aromatic heterocycles. The van der Waals surface area contributed by atoms with E-state index in [0.29, 0.717) is 25.4 Å². The van der Waals surface area contributed by atoms with Crippen LogP contribution in [0.3, 0.4) is 0 Å². The Morgan fingerprint density at radius 3 is 2.58 bits per heavy atom. The smallest absolute Gasteiger partial charge is 0.326 e. The number of nitrogens with one attached hydrogen (secondary N) is 1. The first-order valence-corrected chi connectivity index (χ1v) is 7.04. The third-order valence-electron chi connectivity index (χ3n) is 4.09. The summed E-state index contributed by atoms with van der Waals surface area (Å²) < 4.78 is 0. The Balaban J connectivity index is 2.61. The van der Waals surface area contributed by atoms with E-state index in [4.69, 9.17) is 0 Å². The van der Waals surface area contributed by atoms with E-state index >= 15 is 0 Å². The van der Waals surface area contributed by atoms with Crippen molar-refractivity contribution in [3.05, 3.63) is 0 Å². The molecular formula is C14H26N2O3. The molecule has 110 valence electrons. The van der Waals surface area contributed by atoms with Crippen molar-refractivity contribution in [3.8, 4) is 0 Å². The van der Waals surface area contributed by atoms with Gasteiger partial charge in [0, 0.05) is 13.1 Å². The maximum Gasteiger partial charge on any atom is 0.326 e. The SMILES string of the molecule is CCC(C)(C)CNC(=O)N1CCC(C)CC1C(=O)O. The number of nitrogens with zero attached hydrogens (tertiary/aromatic N) is 1. The second kappa shape index (κ2) is 6.26. The van der Waals surface area contributed by atoms with Crippen molar-refractivity contribution in [2.75, 3.05) is 13.1 Å². The fourth-order valence-electron chi connectivity index (χ4n) is 2.16. The van der Waals surface area contributed by atoms with Gasteiger partial charge in [0.1, 0.15) is 6.04 Å². The number of carboxylic acids is 1. The van der Waals surface area contributed by atoms with E-state index in [2.05, 4.69) is 26.1 Å². The van der Waals surface area contributed by atoms with Gasteiger partial charge in [-0.1, -0.05) is 27.7 Å². The van der Waals surface area contributed by atoms with Crippen molar-refractivity contribution in [2.45, 2.75) is 53.0 Å². The number of urea groups is 1. The summed E-state index contributed by atoms with van der Waals surface area (Å²) in [5, 5.41) is 12.1. The van der Waals surface area contributed by atoms with Crippen LogP contribution in [0, 0.1) is 11.3 Å². The van der Waals surface area contributed by atoms with Crippen LogP contribution in [-0.4, -0.2) is 41.1 Å². The van der Waals surface area contributed by atoms with Crippen LogP contribution in [-0.2, 0) is 4.79 Å². The molecule has 1 aliphatic heterocycles. The van der Waals surface area contributed by atoms with Crippen molar-refractivity contribution < 1.29 is 14.7 Å². The fraction of sp³-hybridized carbons (Fsp3) is 0.857. The third-order valence-corrected chi connectivity index (χ3v) is 4.09. The van der Waals surface area contributed by atoms with Gasteiger partial charge in [-0.15, -0.1) is 0 Å². The van der Waals surface area contributed by atoms with E-state index in [-0.39, 0.29) is 11.4 Å². The summed E-state index contributed by atoms with van der Waals surface area (Å²) in [4.78, 5) is 24.9. The molecule has 2 atom stereocenters. The molecule has 0 spiro atoms. The van der Waals surface area contributed by atoms with Crippen LogP contribution in [0.2, 0.25) is 0 Å². The molecule has 1 aliphatic rings. The summed E-state index contributed by atoms with van der Waals surface area (Å²) in [5.74, 6) is -0.548. The Bertz CT molecular complexity index is 342. The molecule has 1 rings (SSSR count). The fourth-order valence-corrected chi connectivity index (χ4v) is 2.16. The lowest BCUT2D eigenvalue weighted by molar-refractivity contribution is -0.143. The molecule has 5 heteroatoms. The van der Waals surface area contributed by atoms with E-state index in [0.717, 1.165) is 12.8 Å². The monoisotopic (exact) mass is 270 g/mol. The molecule has 0 bridgehead atoms. The zero-order valence-corrected chi connectivity index (χ0v) is 12.4. The molecule has 19 heavy (non-hydrogen) atoms. The van der Waals surface area contributed by atoms with Crippen LogP contribution in [0.5, 0.6) is 0 Å². The summed E-state index contributed by atoms with van der Waals surface area (Å²) in [6.07, 6.45) is 2.38. The molecule has 0 aromatic rings. The number of carbonyl (C=O) groups excluding carboxylic acids is 1. The lowest BCUT2D eigenvalue weighted by Crippen LogP contribution is -2.54. The lowest BCUT2D eigenvalue weighted by Gasteiger charge is -2.36. The summed E-state index contributed by atoms with van der Waals surface area (Å²) in [5.41, 5.74) is 0.0391. The van der Waals surface area contributed by atoms with Gasteiger partial charge in [-0.3, -0.25) is 0 Å². The van der Waals surface area contributed by atoms with Crippen LogP contribution >= 0.6 is 0 Å². The van der Waals surface area contributed by atoms with E-state index < -0.39 is 12.0 Å². The highest BCUT2D eigenvalue weighted by Crippen LogP contribution is 2.23. The largest absolute Gasteiger partial charge is 0.480 e. The molecule has 0 saturated carbocycles. The van der Waals surface area contributed by atoms with Crippen LogP contribution in [0.25, 0.3) is 0 Å². The zero-order valence-electron chi connectivity index (χ0n) is 12.4. The van der Waals surface area contributed by atoms with E-state index in [1.54, 1.807) is 0 Å². The normalized spacial score (nSPS) is 24.1. The second-order valence-electron chi connectivity index (χ2n) is 6.35. The zero-order chi connectivity index (χ0) is 14.6. The maximum absolute atomic E-state index is 12.1. The highest BCUT2D eigenvalue weighted by atomic mass is 16.4. The van der Waals surface area contributed by atoms with Crippen molar-refractivity contribution >= 4 is 12.0 Å². The lowest BCUT2D eigenvalue weighted by atomic mass is 9.90. The van der Waals surface area contributed by atoms with Crippen molar-refractivity contribution in [1.82, 2.24) is 10.2 Å². The summed E-state index contributed by atoms with van der Waals surface area (Å²) in [6, 6.07) is -0.936. The number of carbonyl (C=O) groups is 2. The number of carboxylic acid groups (broad SMARTS) is 1. The Kier molecular flexibility index (Phi) is 5.20. The first-order valence-electron chi connectivity index (χ1n) is 7.04. The number of hydrogen-bond donors (Lipinski definition) is 2.